The van der Waals surface area contributed by atoms with E-state index in [0.717, 1.165) is 72.4 Å². The number of carbonyl (C=O) groups is 1. The Balaban J connectivity index is 1.45. The molecule has 0 aliphatic carbocycles. The van der Waals surface area contributed by atoms with Gasteiger partial charge in [-0.25, -0.2) is 9.78 Å². The molecular weight excluding hydrogens is 432 g/mol. The largest absolute Gasteiger partial charge is 0.477 e. The van der Waals surface area contributed by atoms with Crippen molar-refractivity contribution in [2.75, 3.05) is 30.3 Å². The van der Waals surface area contributed by atoms with Crippen molar-refractivity contribution in [1.29, 1.82) is 0 Å². The summed E-state index contributed by atoms with van der Waals surface area (Å²) in [5.74, 6) is -0.105. The van der Waals surface area contributed by atoms with Crippen molar-refractivity contribution in [2.24, 2.45) is 0 Å². The van der Waals surface area contributed by atoms with E-state index in [-0.39, 0.29) is 4.88 Å². The molecule has 4 heterocycles. The van der Waals surface area contributed by atoms with Crippen LogP contribution in [0.5, 0.6) is 0 Å². The molecule has 5 N–H and O–H groups in total. The third-order valence-corrected chi connectivity index (χ3v) is 7.62. The lowest BCUT2D eigenvalue weighted by molar-refractivity contribution is 0.0703. The lowest BCUT2D eigenvalue weighted by Gasteiger charge is -2.34. The van der Waals surface area contributed by atoms with Gasteiger partial charge in [0, 0.05) is 31.1 Å². The smallest absolute Gasteiger partial charge is 0.348 e. The third-order valence-electron chi connectivity index (χ3n) is 5.83. The number of nitrogens with one attached hydrogen (secondary N) is 1. The van der Waals surface area contributed by atoms with Crippen LogP contribution in [-0.2, 0) is 6.42 Å². The molecule has 7 nitrogen and oxygen atoms in total. The maximum Gasteiger partial charge on any atom is 0.348 e. The highest BCUT2D eigenvalue weighted by atomic mass is 32.1. The van der Waals surface area contributed by atoms with Gasteiger partial charge >= 0.3 is 5.97 Å². The first-order valence-electron chi connectivity index (χ1n) is 10.6. The summed E-state index contributed by atoms with van der Waals surface area (Å²) < 4.78 is 0. The zero-order valence-corrected chi connectivity index (χ0v) is 19.1. The number of hydrogen-bond donors (Lipinski definition) is 4. The van der Waals surface area contributed by atoms with Crippen LogP contribution in [0.25, 0.3) is 10.2 Å². The number of aromatic carboxylic acids is 1. The van der Waals surface area contributed by atoms with Crippen molar-refractivity contribution in [3.63, 3.8) is 0 Å². The number of nitrogen functional groups attached to an aromatic ring is 1. The van der Waals surface area contributed by atoms with Crippen LogP contribution in [0, 0.1) is 0 Å². The number of pyridine rings is 1. The molecule has 0 aromatic carbocycles. The van der Waals surface area contributed by atoms with Crippen molar-refractivity contribution in [1.82, 2.24) is 10.3 Å². The molecule has 1 aliphatic heterocycles. The number of aromatic nitrogens is 1. The van der Waals surface area contributed by atoms with Gasteiger partial charge in [0.1, 0.15) is 15.5 Å². The topological polar surface area (TPSA) is 112 Å². The Hall–Kier alpha value is -2.20. The molecule has 0 bridgehead atoms. The molecule has 1 saturated heterocycles. The van der Waals surface area contributed by atoms with Crippen LogP contribution < -0.4 is 16.0 Å². The number of aliphatic hydroxyl groups is 1. The minimum atomic E-state index is -0.999. The van der Waals surface area contributed by atoms with Crippen LogP contribution in [-0.4, -0.2) is 46.8 Å². The second-order valence-electron chi connectivity index (χ2n) is 7.96. The fraction of sp³-hybridized carbons (Fsp3) is 0.455. The predicted molar refractivity (Wildman–Crippen MR) is 128 cm³/mol. The second kappa shape index (κ2) is 9.52. The van der Waals surface area contributed by atoms with Crippen molar-refractivity contribution >= 4 is 50.4 Å². The molecule has 0 radical (unpaired) electrons. The Labute approximate surface area is 189 Å². The Bertz CT molecular complexity index is 1040. The number of aryl methyl sites for hydroxylation is 1. The molecule has 9 heteroatoms. The zero-order valence-electron chi connectivity index (χ0n) is 17.5. The van der Waals surface area contributed by atoms with Gasteiger partial charge in [-0.1, -0.05) is 13.3 Å². The van der Waals surface area contributed by atoms with Gasteiger partial charge in [0.25, 0.3) is 0 Å². The number of hydrogen-bond acceptors (Lipinski definition) is 8. The van der Waals surface area contributed by atoms with Gasteiger partial charge in [0.15, 0.2) is 0 Å². The number of carboxylic acids is 1. The van der Waals surface area contributed by atoms with Gasteiger partial charge in [-0.2, -0.15) is 11.3 Å². The standard InChI is InChI=1S/C22H28N4O3S2/c1-2-3-13-10-17(25-21-18(13)19(23)20(31-21)22(28)29)26-7-4-15(5-8-26)24-11-16(27)14-6-9-30-12-14/h6,9-10,12,15-16,24,27H,2-5,7-8,11,23H2,1H3,(H,28,29). The average molecular weight is 461 g/mol. The minimum absolute atomic E-state index is 0.170. The van der Waals surface area contributed by atoms with Crippen LogP contribution in [0.2, 0.25) is 0 Å². The maximum absolute atomic E-state index is 11.5. The highest BCUT2D eigenvalue weighted by Crippen LogP contribution is 2.37. The lowest BCUT2D eigenvalue weighted by Crippen LogP contribution is -2.44. The third kappa shape index (κ3) is 4.69. The summed E-state index contributed by atoms with van der Waals surface area (Å²) in [6, 6.07) is 4.40. The van der Waals surface area contributed by atoms with Crippen molar-refractivity contribution in [2.45, 2.75) is 44.8 Å². The molecule has 0 saturated carbocycles. The Morgan fingerprint density at radius 2 is 2.19 bits per heavy atom. The first-order chi connectivity index (χ1) is 15.0. The minimum Gasteiger partial charge on any atom is -0.477 e. The fourth-order valence-corrected chi connectivity index (χ4v) is 5.83. The van der Waals surface area contributed by atoms with Gasteiger partial charge < -0.3 is 26.2 Å². The quantitative estimate of drug-likeness (QED) is 0.404. The van der Waals surface area contributed by atoms with Gasteiger partial charge in [-0.05, 0) is 53.3 Å². The summed E-state index contributed by atoms with van der Waals surface area (Å²) >= 11 is 2.75. The maximum atomic E-state index is 11.5. The summed E-state index contributed by atoms with van der Waals surface area (Å²) in [6.07, 6.45) is 3.25. The van der Waals surface area contributed by atoms with Crippen LogP contribution >= 0.6 is 22.7 Å². The second-order valence-corrected chi connectivity index (χ2v) is 9.74. The van der Waals surface area contributed by atoms with E-state index < -0.39 is 12.1 Å². The van der Waals surface area contributed by atoms with E-state index in [1.165, 1.54) is 0 Å². The Kier molecular flexibility index (Phi) is 6.76. The SMILES string of the molecule is CCCc1cc(N2CCC(NCC(O)c3ccsc3)CC2)nc2sc(C(=O)O)c(N)c12. The number of nitrogens with zero attached hydrogens (tertiary/aromatic N) is 2. The molecule has 3 aromatic heterocycles. The van der Waals surface area contributed by atoms with Gasteiger partial charge in [-0.3, -0.25) is 0 Å². The number of thiophene rings is 2. The number of aliphatic hydroxyl groups excluding tert-OH is 1. The van der Waals surface area contributed by atoms with E-state index in [1.807, 2.05) is 16.8 Å². The monoisotopic (exact) mass is 460 g/mol. The zero-order chi connectivity index (χ0) is 22.0. The molecule has 31 heavy (non-hydrogen) atoms. The highest BCUT2D eigenvalue weighted by Gasteiger charge is 2.24. The molecule has 0 amide bonds. The van der Waals surface area contributed by atoms with Crippen LogP contribution in [0.15, 0.2) is 22.9 Å². The summed E-state index contributed by atoms with van der Waals surface area (Å²) in [4.78, 5) is 19.5. The predicted octanol–water partition coefficient (Wildman–Crippen LogP) is 3.88. The normalized spacial score (nSPS) is 16.1. The van der Waals surface area contributed by atoms with E-state index in [4.69, 9.17) is 10.7 Å². The number of carboxylic acid groups (broad SMARTS) is 1. The van der Waals surface area contributed by atoms with Crippen LogP contribution in [0.4, 0.5) is 11.5 Å². The van der Waals surface area contributed by atoms with E-state index in [2.05, 4.69) is 23.2 Å². The number of piperidine rings is 1. The molecule has 1 atom stereocenters. The Morgan fingerprint density at radius 1 is 1.42 bits per heavy atom. The molecule has 1 fully saturated rings. The van der Waals surface area contributed by atoms with Gasteiger partial charge in [-0.15, -0.1) is 11.3 Å². The van der Waals surface area contributed by atoms with Gasteiger partial charge in [0.2, 0.25) is 0 Å². The Morgan fingerprint density at radius 3 is 2.84 bits per heavy atom. The highest BCUT2D eigenvalue weighted by molar-refractivity contribution is 7.21. The van der Waals surface area contributed by atoms with E-state index in [9.17, 15) is 15.0 Å². The molecule has 166 valence electrons. The molecular formula is C22H28N4O3S2. The van der Waals surface area contributed by atoms with Crippen molar-refractivity contribution < 1.29 is 15.0 Å². The number of nitrogens with two attached hydrogens (primary N) is 1. The van der Waals surface area contributed by atoms with E-state index in [1.54, 1.807) is 11.3 Å². The number of anilines is 2. The number of fused-ring (bicyclic) bond motifs is 1. The van der Waals surface area contributed by atoms with Gasteiger partial charge in [0.05, 0.1) is 11.8 Å². The first kappa shape index (κ1) is 22.0. The summed E-state index contributed by atoms with van der Waals surface area (Å²) in [5, 5.41) is 28.0. The summed E-state index contributed by atoms with van der Waals surface area (Å²) in [5.41, 5.74) is 8.53. The molecule has 1 unspecified atom stereocenters. The molecule has 0 spiro atoms. The first-order valence-corrected chi connectivity index (χ1v) is 12.4. The molecule has 4 rings (SSSR count). The van der Waals surface area contributed by atoms with Crippen LogP contribution in [0.3, 0.4) is 0 Å². The number of rotatable bonds is 8. The summed E-state index contributed by atoms with van der Waals surface area (Å²) in [6.45, 7) is 4.39. The average Bonchev–Trinajstić information content (AvgIpc) is 3.41. The van der Waals surface area contributed by atoms with Crippen molar-refractivity contribution in [3.05, 3.63) is 38.9 Å². The van der Waals surface area contributed by atoms with Crippen molar-refractivity contribution in [3.8, 4) is 0 Å². The van der Waals surface area contributed by atoms with E-state index >= 15 is 0 Å². The van der Waals surface area contributed by atoms with E-state index in [0.29, 0.717) is 23.1 Å². The molecule has 3 aromatic rings. The molecule has 1 aliphatic rings. The summed E-state index contributed by atoms with van der Waals surface area (Å²) in [7, 11) is 0. The van der Waals surface area contributed by atoms with Crippen LogP contribution in [0.1, 0.15) is 53.1 Å². The lowest BCUT2D eigenvalue weighted by atomic mass is 10.0. The fourth-order valence-electron chi connectivity index (χ4n) is 4.15.